The fraction of sp³-hybridized carbons (Fsp3) is 0.0667. The predicted molar refractivity (Wildman–Crippen MR) is 83.2 cm³/mol. The Kier molecular flexibility index (Phi) is 4.00. The molecule has 1 amide bonds. The average Bonchev–Trinajstić information content (AvgIpc) is 2.46. The van der Waals surface area contributed by atoms with Crippen LogP contribution in [0.4, 0.5) is 5.69 Å². The lowest BCUT2D eigenvalue weighted by Crippen LogP contribution is -2.26. The zero-order chi connectivity index (χ0) is 14.7. The van der Waals surface area contributed by atoms with Crippen LogP contribution in [0.2, 0.25) is 0 Å². The number of carbonyl (C=O) groups excluding carboxylic acids is 1. The number of hydrogen-bond acceptors (Lipinski definition) is 3. The van der Waals surface area contributed by atoms with Crippen molar-refractivity contribution in [1.29, 1.82) is 0 Å². The molecule has 0 unspecified atom stereocenters. The topological polar surface area (TPSA) is 66.6 Å². The highest BCUT2D eigenvalue weighted by atomic mass is 32.1. The average molecular weight is 286 g/mol. The molecule has 0 aliphatic heterocycles. The van der Waals surface area contributed by atoms with Crippen molar-refractivity contribution >= 4 is 28.8 Å². The van der Waals surface area contributed by atoms with Crippen LogP contribution in [0.5, 0.6) is 5.75 Å². The fourth-order valence-electron chi connectivity index (χ4n) is 1.78. The summed E-state index contributed by atoms with van der Waals surface area (Å²) < 4.78 is 0. The van der Waals surface area contributed by atoms with Crippen LogP contribution in [0.1, 0.15) is 15.9 Å². The molecular formula is C15H14N2O2S. The van der Waals surface area contributed by atoms with E-state index >= 15 is 0 Å². The lowest BCUT2D eigenvalue weighted by Gasteiger charge is -2.18. The van der Waals surface area contributed by atoms with Gasteiger partial charge in [-0.25, -0.2) is 0 Å². The third kappa shape index (κ3) is 2.95. The first kappa shape index (κ1) is 14.0. The van der Waals surface area contributed by atoms with E-state index in [1.54, 1.807) is 43.4 Å². The molecule has 0 fully saturated rings. The number of phenols is 1. The van der Waals surface area contributed by atoms with Crippen LogP contribution in [0.15, 0.2) is 48.5 Å². The minimum Gasteiger partial charge on any atom is -0.508 e. The standard InChI is InChI=1S/C15H14N2O2S/c1-17(12-4-2-3-11(9-12)14(16)20)15(19)10-5-7-13(18)8-6-10/h2-9,18H,1H3,(H2,16,20). The second-order valence-electron chi connectivity index (χ2n) is 4.33. The molecule has 0 radical (unpaired) electrons. The highest BCUT2D eigenvalue weighted by molar-refractivity contribution is 7.80. The van der Waals surface area contributed by atoms with Gasteiger partial charge in [-0.1, -0.05) is 24.4 Å². The summed E-state index contributed by atoms with van der Waals surface area (Å²) in [6, 6.07) is 13.3. The predicted octanol–water partition coefficient (Wildman–Crippen LogP) is 2.30. The number of rotatable bonds is 3. The van der Waals surface area contributed by atoms with Gasteiger partial charge < -0.3 is 15.7 Å². The van der Waals surface area contributed by atoms with Crippen molar-refractivity contribution in [3.63, 3.8) is 0 Å². The van der Waals surface area contributed by atoms with Crippen LogP contribution in [-0.4, -0.2) is 23.0 Å². The van der Waals surface area contributed by atoms with Crippen molar-refractivity contribution in [2.75, 3.05) is 11.9 Å². The second-order valence-corrected chi connectivity index (χ2v) is 4.77. The highest BCUT2D eigenvalue weighted by Crippen LogP contribution is 2.18. The molecule has 0 aliphatic carbocycles. The van der Waals surface area contributed by atoms with E-state index in [0.717, 1.165) is 0 Å². The number of benzene rings is 2. The third-order valence-electron chi connectivity index (χ3n) is 2.94. The summed E-state index contributed by atoms with van der Waals surface area (Å²) >= 11 is 4.93. The fourth-order valence-corrected chi connectivity index (χ4v) is 1.91. The summed E-state index contributed by atoms with van der Waals surface area (Å²) in [4.78, 5) is 14.1. The molecule has 0 heterocycles. The summed E-state index contributed by atoms with van der Waals surface area (Å²) in [7, 11) is 1.67. The third-order valence-corrected chi connectivity index (χ3v) is 3.17. The van der Waals surface area contributed by atoms with Crippen LogP contribution >= 0.6 is 12.2 Å². The maximum Gasteiger partial charge on any atom is 0.258 e. The Balaban J connectivity index is 2.28. The van der Waals surface area contributed by atoms with Crippen molar-refractivity contribution < 1.29 is 9.90 Å². The van der Waals surface area contributed by atoms with E-state index in [4.69, 9.17) is 18.0 Å². The van der Waals surface area contributed by atoms with Crippen LogP contribution in [-0.2, 0) is 0 Å². The van der Waals surface area contributed by atoms with Gasteiger partial charge in [-0.3, -0.25) is 4.79 Å². The Morgan fingerprint density at radius 2 is 1.80 bits per heavy atom. The van der Waals surface area contributed by atoms with Gasteiger partial charge in [-0.15, -0.1) is 0 Å². The lowest BCUT2D eigenvalue weighted by atomic mass is 10.1. The van der Waals surface area contributed by atoms with Crippen molar-refractivity contribution in [2.45, 2.75) is 0 Å². The van der Waals surface area contributed by atoms with Crippen LogP contribution in [0.25, 0.3) is 0 Å². The molecule has 3 N–H and O–H groups in total. The molecule has 4 nitrogen and oxygen atoms in total. The number of anilines is 1. The molecule has 2 aromatic carbocycles. The molecule has 0 spiro atoms. The molecule has 2 rings (SSSR count). The molecule has 0 aromatic heterocycles. The first-order valence-electron chi connectivity index (χ1n) is 5.96. The van der Waals surface area contributed by atoms with E-state index in [1.807, 2.05) is 0 Å². The number of thiocarbonyl (C=S) groups is 1. The largest absolute Gasteiger partial charge is 0.508 e. The van der Waals surface area contributed by atoms with Crippen molar-refractivity contribution in [3.8, 4) is 5.75 Å². The van der Waals surface area contributed by atoms with E-state index < -0.39 is 0 Å². The maximum absolute atomic E-state index is 12.3. The first-order valence-corrected chi connectivity index (χ1v) is 6.37. The number of amides is 1. The number of nitrogens with two attached hydrogens (primary N) is 1. The van der Waals surface area contributed by atoms with Gasteiger partial charge in [-0.2, -0.15) is 0 Å². The molecule has 0 saturated carbocycles. The molecule has 2 aromatic rings. The molecule has 5 heteroatoms. The van der Waals surface area contributed by atoms with Gasteiger partial charge in [0.1, 0.15) is 10.7 Å². The van der Waals surface area contributed by atoms with Crippen LogP contribution in [0.3, 0.4) is 0 Å². The van der Waals surface area contributed by atoms with Gasteiger partial charge in [0.2, 0.25) is 0 Å². The Morgan fingerprint density at radius 3 is 2.40 bits per heavy atom. The Labute approximate surface area is 122 Å². The van der Waals surface area contributed by atoms with E-state index in [-0.39, 0.29) is 16.6 Å². The summed E-state index contributed by atoms with van der Waals surface area (Å²) in [5, 5.41) is 9.24. The lowest BCUT2D eigenvalue weighted by molar-refractivity contribution is 0.0993. The van der Waals surface area contributed by atoms with E-state index in [0.29, 0.717) is 16.8 Å². The zero-order valence-corrected chi connectivity index (χ0v) is 11.7. The van der Waals surface area contributed by atoms with Gasteiger partial charge >= 0.3 is 0 Å². The van der Waals surface area contributed by atoms with Gasteiger partial charge in [-0.05, 0) is 36.4 Å². The molecule has 102 valence electrons. The van der Waals surface area contributed by atoms with Crippen molar-refractivity contribution in [2.24, 2.45) is 5.73 Å². The monoisotopic (exact) mass is 286 g/mol. The van der Waals surface area contributed by atoms with Crippen molar-refractivity contribution in [3.05, 3.63) is 59.7 Å². The van der Waals surface area contributed by atoms with Crippen LogP contribution in [0, 0.1) is 0 Å². The Morgan fingerprint density at radius 1 is 1.15 bits per heavy atom. The van der Waals surface area contributed by atoms with E-state index in [2.05, 4.69) is 0 Å². The normalized spacial score (nSPS) is 10.1. The molecule has 20 heavy (non-hydrogen) atoms. The molecule has 0 aliphatic rings. The summed E-state index contributed by atoms with van der Waals surface area (Å²) in [5.74, 6) is -0.0511. The number of carbonyl (C=O) groups is 1. The first-order chi connectivity index (χ1) is 9.49. The highest BCUT2D eigenvalue weighted by Gasteiger charge is 2.14. The Bertz CT molecular complexity index is 653. The summed E-state index contributed by atoms with van der Waals surface area (Å²) in [6.45, 7) is 0. The zero-order valence-electron chi connectivity index (χ0n) is 10.9. The van der Waals surface area contributed by atoms with Gasteiger partial charge in [0.15, 0.2) is 0 Å². The summed E-state index contributed by atoms with van der Waals surface area (Å²) in [6.07, 6.45) is 0. The smallest absolute Gasteiger partial charge is 0.258 e. The molecule has 0 atom stereocenters. The number of aromatic hydroxyl groups is 1. The molecule has 0 saturated heterocycles. The van der Waals surface area contributed by atoms with Crippen LogP contribution < -0.4 is 10.6 Å². The molecular weight excluding hydrogens is 272 g/mol. The quantitative estimate of drug-likeness (QED) is 0.850. The minimum absolute atomic E-state index is 0.125. The van der Waals surface area contributed by atoms with Gasteiger partial charge in [0.05, 0.1) is 0 Å². The van der Waals surface area contributed by atoms with E-state index in [1.165, 1.54) is 17.0 Å². The number of phenolic OH excluding ortho intramolecular Hbond substituents is 1. The number of nitrogens with zero attached hydrogens (tertiary/aromatic N) is 1. The van der Waals surface area contributed by atoms with Gasteiger partial charge in [0.25, 0.3) is 5.91 Å². The van der Waals surface area contributed by atoms with Gasteiger partial charge in [0, 0.05) is 23.9 Å². The minimum atomic E-state index is -0.176. The number of hydrogen-bond donors (Lipinski definition) is 2. The van der Waals surface area contributed by atoms with Crippen molar-refractivity contribution in [1.82, 2.24) is 0 Å². The van der Waals surface area contributed by atoms with E-state index in [9.17, 15) is 9.90 Å². The second kappa shape index (κ2) is 5.71. The summed E-state index contributed by atoms with van der Waals surface area (Å²) in [5.41, 5.74) is 7.49. The Hall–Kier alpha value is -2.40. The SMILES string of the molecule is CN(C(=O)c1ccc(O)cc1)c1cccc(C(N)=S)c1. The molecule has 0 bridgehead atoms. The maximum atomic E-state index is 12.3.